The number of amides is 1. The third-order valence-corrected chi connectivity index (χ3v) is 5.65. The minimum atomic E-state index is -0.550. The van der Waals surface area contributed by atoms with Gasteiger partial charge in [0.05, 0.1) is 33.4 Å². The number of hydrogen-bond donors (Lipinski definition) is 1. The SMILES string of the molecule is COc1cc(CC(=O)OCC(=O)Nc2ccccc2Sc2ccccc2)cc(OC)c1OC. The lowest BCUT2D eigenvalue weighted by atomic mass is 10.1. The quantitative estimate of drug-likeness (QED) is 0.437. The van der Waals surface area contributed by atoms with Crippen LogP contribution in [0, 0.1) is 0 Å². The second-order valence-corrected chi connectivity index (χ2v) is 7.95. The molecule has 0 aliphatic rings. The number of ether oxygens (including phenoxy) is 4. The molecule has 3 aromatic rings. The molecule has 8 heteroatoms. The molecular weight excluding hydrogens is 442 g/mol. The lowest BCUT2D eigenvalue weighted by molar-refractivity contribution is -0.146. The molecular formula is C25H25NO6S. The monoisotopic (exact) mass is 467 g/mol. The summed E-state index contributed by atoms with van der Waals surface area (Å²) in [7, 11) is 4.50. The molecule has 0 aliphatic heterocycles. The summed E-state index contributed by atoms with van der Waals surface area (Å²) < 4.78 is 21.0. The predicted octanol–water partition coefficient (Wildman–Crippen LogP) is 4.59. The number of para-hydroxylation sites is 1. The van der Waals surface area contributed by atoms with Gasteiger partial charge < -0.3 is 24.3 Å². The van der Waals surface area contributed by atoms with Crippen molar-refractivity contribution in [3.8, 4) is 17.2 Å². The van der Waals surface area contributed by atoms with Crippen molar-refractivity contribution in [1.29, 1.82) is 0 Å². The molecule has 0 bridgehead atoms. The van der Waals surface area contributed by atoms with Crippen LogP contribution in [0.4, 0.5) is 5.69 Å². The Bertz CT molecular complexity index is 1080. The lowest BCUT2D eigenvalue weighted by Crippen LogP contribution is -2.22. The largest absolute Gasteiger partial charge is 0.493 e. The molecule has 172 valence electrons. The van der Waals surface area contributed by atoms with Gasteiger partial charge in [0.15, 0.2) is 18.1 Å². The van der Waals surface area contributed by atoms with Crippen LogP contribution in [-0.4, -0.2) is 39.8 Å². The minimum absolute atomic E-state index is 0.0512. The van der Waals surface area contributed by atoms with Crippen molar-refractivity contribution in [3.05, 3.63) is 72.3 Å². The first-order chi connectivity index (χ1) is 16.0. The van der Waals surface area contributed by atoms with Crippen molar-refractivity contribution < 1.29 is 28.5 Å². The van der Waals surface area contributed by atoms with Crippen molar-refractivity contribution in [2.24, 2.45) is 0 Å². The van der Waals surface area contributed by atoms with Crippen molar-refractivity contribution in [2.75, 3.05) is 33.3 Å². The summed E-state index contributed by atoms with van der Waals surface area (Å²) in [6, 6.07) is 20.6. The maximum Gasteiger partial charge on any atom is 0.310 e. The van der Waals surface area contributed by atoms with Crippen LogP contribution in [-0.2, 0) is 20.7 Å². The Morgan fingerprint density at radius 3 is 2.12 bits per heavy atom. The van der Waals surface area contributed by atoms with E-state index in [-0.39, 0.29) is 6.42 Å². The van der Waals surface area contributed by atoms with Crippen molar-refractivity contribution in [1.82, 2.24) is 0 Å². The zero-order valence-corrected chi connectivity index (χ0v) is 19.4. The fourth-order valence-corrected chi connectivity index (χ4v) is 3.98. The highest BCUT2D eigenvalue weighted by Crippen LogP contribution is 2.38. The van der Waals surface area contributed by atoms with Gasteiger partial charge >= 0.3 is 5.97 Å². The number of carbonyl (C=O) groups excluding carboxylic acids is 2. The summed E-state index contributed by atoms with van der Waals surface area (Å²) in [6.07, 6.45) is -0.0512. The number of esters is 1. The molecule has 0 radical (unpaired) electrons. The van der Waals surface area contributed by atoms with Crippen LogP contribution in [0.3, 0.4) is 0 Å². The molecule has 3 aromatic carbocycles. The highest BCUT2D eigenvalue weighted by Gasteiger charge is 2.16. The zero-order chi connectivity index (χ0) is 23.6. The fourth-order valence-electron chi connectivity index (χ4n) is 3.06. The highest BCUT2D eigenvalue weighted by molar-refractivity contribution is 7.99. The average Bonchev–Trinajstić information content (AvgIpc) is 2.84. The molecule has 0 unspecified atom stereocenters. The van der Waals surface area contributed by atoms with E-state index in [0.717, 1.165) is 9.79 Å². The number of rotatable bonds is 10. The molecule has 0 aromatic heterocycles. The molecule has 7 nitrogen and oxygen atoms in total. The van der Waals surface area contributed by atoms with Crippen LogP contribution in [0.2, 0.25) is 0 Å². The Kier molecular flexibility index (Phi) is 8.60. The summed E-state index contributed by atoms with van der Waals surface area (Å²) in [5.41, 5.74) is 1.26. The van der Waals surface area contributed by atoms with Gasteiger partial charge in [-0.1, -0.05) is 42.1 Å². The molecule has 0 fully saturated rings. The molecule has 1 N–H and O–H groups in total. The van der Waals surface area contributed by atoms with Gasteiger partial charge in [0.2, 0.25) is 5.75 Å². The van der Waals surface area contributed by atoms with Gasteiger partial charge in [0, 0.05) is 9.79 Å². The first-order valence-corrected chi connectivity index (χ1v) is 10.9. The third-order valence-electron chi connectivity index (χ3n) is 4.57. The lowest BCUT2D eigenvalue weighted by Gasteiger charge is -2.14. The first-order valence-electron chi connectivity index (χ1n) is 10.1. The second-order valence-electron chi connectivity index (χ2n) is 6.83. The van der Waals surface area contributed by atoms with Crippen molar-refractivity contribution >= 4 is 29.3 Å². The maximum absolute atomic E-state index is 12.4. The summed E-state index contributed by atoms with van der Waals surface area (Å²) in [5, 5.41) is 2.81. The zero-order valence-electron chi connectivity index (χ0n) is 18.6. The van der Waals surface area contributed by atoms with E-state index in [1.165, 1.54) is 33.1 Å². The smallest absolute Gasteiger partial charge is 0.310 e. The number of methoxy groups -OCH3 is 3. The van der Waals surface area contributed by atoms with Crippen LogP contribution < -0.4 is 19.5 Å². The van der Waals surface area contributed by atoms with E-state index in [1.807, 2.05) is 48.5 Å². The van der Waals surface area contributed by atoms with Gasteiger partial charge in [-0.25, -0.2) is 0 Å². The van der Waals surface area contributed by atoms with E-state index in [1.54, 1.807) is 18.2 Å². The highest BCUT2D eigenvalue weighted by atomic mass is 32.2. The maximum atomic E-state index is 12.4. The average molecular weight is 468 g/mol. The van der Waals surface area contributed by atoms with Crippen molar-refractivity contribution in [3.63, 3.8) is 0 Å². The fraction of sp³-hybridized carbons (Fsp3) is 0.200. The van der Waals surface area contributed by atoms with E-state index >= 15 is 0 Å². The number of carbonyl (C=O) groups is 2. The molecule has 0 saturated carbocycles. The molecule has 0 saturated heterocycles. The molecule has 0 atom stereocenters. The summed E-state index contributed by atoms with van der Waals surface area (Å²) in [5.74, 6) is 0.332. The van der Waals surface area contributed by atoms with E-state index in [2.05, 4.69) is 5.32 Å². The number of benzene rings is 3. The van der Waals surface area contributed by atoms with Crippen LogP contribution in [0.15, 0.2) is 76.5 Å². The van der Waals surface area contributed by atoms with Gasteiger partial charge in [-0.05, 0) is 42.0 Å². The van der Waals surface area contributed by atoms with Gasteiger partial charge in [0.25, 0.3) is 5.91 Å². The summed E-state index contributed by atoms with van der Waals surface area (Å²) in [6.45, 7) is -0.395. The van der Waals surface area contributed by atoms with Gasteiger partial charge in [-0.15, -0.1) is 0 Å². The molecule has 0 spiro atoms. The van der Waals surface area contributed by atoms with Crippen molar-refractivity contribution in [2.45, 2.75) is 16.2 Å². The van der Waals surface area contributed by atoms with E-state index < -0.39 is 18.5 Å². The van der Waals surface area contributed by atoms with E-state index in [4.69, 9.17) is 18.9 Å². The second kappa shape index (κ2) is 11.8. The normalized spacial score (nSPS) is 10.3. The van der Waals surface area contributed by atoms with Crippen LogP contribution in [0.25, 0.3) is 0 Å². The Balaban J connectivity index is 1.58. The van der Waals surface area contributed by atoms with Gasteiger partial charge in [0.1, 0.15) is 0 Å². The Labute approximate surface area is 197 Å². The molecule has 33 heavy (non-hydrogen) atoms. The number of anilines is 1. The van der Waals surface area contributed by atoms with E-state index in [0.29, 0.717) is 28.5 Å². The Morgan fingerprint density at radius 1 is 0.848 bits per heavy atom. The van der Waals surface area contributed by atoms with E-state index in [9.17, 15) is 9.59 Å². The van der Waals surface area contributed by atoms with Crippen LogP contribution >= 0.6 is 11.8 Å². The summed E-state index contributed by atoms with van der Waals surface area (Å²) in [4.78, 5) is 26.7. The Morgan fingerprint density at radius 2 is 1.48 bits per heavy atom. The van der Waals surface area contributed by atoms with Crippen LogP contribution in [0.1, 0.15) is 5.56 Å². The van der Waals surface area contributed by atoms with Crippen LogP contribution in [0.5, 0.6) is 17.2 Å². The number of hydrogen-bond acceptors (Lipinski definition) is 7. The molecule has 1 amide bonds. The standard InChI is InChI=1S/C25H25NO6S/c1-29-20-13-17(14-21(30-2)25(20)31-3)15-24(28)32-16-23(27)26-19-11-7-8-12-22(19)33-18-9-5-4-6-10-18/h4-14H,15-16H2,1-3H3,(H,26,27). The van der Waals surface area contributed by atoms with Gasteiger partial charge in [-0.2, -0.15) is 0 Å². The molecule has 0 heterocycles. The Hall–Kier alpha value is -3.65. The van der Waals surface area contributed by atoms with Gasteiger partial charge in [-0.3, -0.25) is 9.59 Å². The predicted molar refractivity (Wildman–Crippen MR) is 126 cm³/mol. The minimum Gasteiger partial charge on any atom is -0.493 e. The first kappa shape index (κ1) is 24.0. The number of nitrogens with one attached hydrogen (secondary N) is 1. The molecule has 3 rings (SSSR count). The third kappa shape index (κ3) is 6.66. The summed E-state index contributed by atoms with van der Waals surface area (Å²) >= 11 is 1.54. The molecule has 0 aliphatic carbocycles. The topological polar surface area (TPSA) is 83.1 Å².